The molecule has 0 aliphatic rings. The minimum atomic E-state index is 0.320. The number of halogens is 1. The van der Waals surface area contributed by atoms with Gasteiger partial charge in [0, 0.05) is 11.2 Å². The summed E-state index contributed by atoms with van der Waals surface area (Å²) in [5.41, 5.74) is 2.14. The normalized spacial score (nSPS) is 14.1. The smallest absolute Gasteiger partial charge is 0.196 e. The quantitative estimate of drug-likeness (QED) is 0.775. The van der Waals surface area contributed by atoms with Crippen molar-refractivity contribution in [2.24, 2.45) is 5.41 Å². The van der Waals surface area contributed by atoms with Gasteiger partial charge in [0.2, 0.25) is 0 Å². The lowest BCUT2D eigenvalue weighted by Crippen LogP contribution is -2.14. The Labute approximate surface area is 111 Å². The maximum Gasteiger partial charge on any atom is 0.196 e. The van der Waals surface area contributed by atoms with E-state index < -0.39 is 0 Å². The maximum atomic E-state index is 5.71. The number of para-hydroxylation sites is 2. The Morgan fingerprint density at radius 3 is 2.65 bits per heavy atom. The van der Waals surface area contributed by atoms with Crippen LogP contribution in [0.2, 0.25) is 0 Å². The molecule has 0 spiro atoms. The number of aromatic nitrogens is 1. The van der Waals surface area contributed by atoms with E-state index in [9.17, 15) is 0 Å². The summed E-state index contributed by atoms with van der Waals surface area (Å²) >= 11 is 3.71. The summed E-state index contributed by atoms with van der Waals surface area (Å²) in [5.74, 6) is 0.817. The number of benzene rings is 1. The predicted octanol–water partition coefficient (Wildman–Crippen LogP) is 4.57. The first kappa shape index (κ1) is 12.6. The molecule has 17 heavy (non-hydrogen) atoms. The highest BCUT2D eigenvalue weighted by Gasteiger charge is 2.18. The minimum Gasteiger partial charge on any atom is -0.441 e. The van der Waals surface area contributed by atoms with Gasteiger partial charge in [0.1, 0.15) is 5.52 Å². The zero-order valence-electron chi connectivity index (χ0n) is 10.5. The summed E-state index contributed by atoms with van der Waals surface area (Å²) < 4.78 is 5.71. The van der Waals surface area contributed by atoms with E-state index in [1.54, 1.807) is 0 Å². The Kier molecular flexibility index (Phi) is 3.57. The van der Waals surface area contributed by atoms with Crippen LogP contribution >= 0.6 is 15.9 Å². The molecule has 2 aromatic rings. The fourth-order valence-electron chi connectivity index (χ4n) is 1.93. The third kappa shape index (κ3) is 3.56. The Morgan fingerprint density at radius 1 is 1.29 bits per heavy atom. The first-order valence-corrected chi connectivity index (χ1v) is 6.84. The molecule has 1 heterocycles. The molecule has 1 aromatic carbocycles. The molecule has 0 N–H and O–H groups in total. The number of alkyl halides is 1. The molecule has 1 unspecified atom stereocenters. The van der Waals surface area contributed by atoms with Crippen LogP contribution in [-0.2, 0) is 6.42 Å². The van der Waals surface area contributed by atoms with Crippen molar-refractivity contribution in [1.29, 1.82) is 0 Å². The largest absolute Gasteiger partial charge is 0.441 e. The average Bonchev–Trinajstić information content (AvgIpc) is 2.55. The van der Waals surface area contributed by atoms with E-state index in [0.717, 1.165) is 29.8 Å². The van der Waals surface area contributed by atoms with E-state index in [2.05, 4.69) is 41.7 Å². The number of fused-ring (bicyclic) bond motifs is 1. The van der Waals surface area contributed by atoms with Crippen LogP contribution in [0, 0.1) is 5.41 Å². The number of oxazole rings is 1. The second-order valence-electron chi connectivity index (χ2n) is 5.64. The molecule has 0 amide bonds. The summed E-state index contributed by atoms with van der Waals surface area (Å²) in [6, 6.07) is 7.89. The van der Waals surface area contributed by atoms with Crippen LogP contribution in [0.1, 0.15) is 33.1 Å². The van der Waals surface area contributed by atoms with Gasteiger partial charge in [-0.15, -0.1) is 0 Å². The van der Waals surface area contributed by atoms with Gasteiger partial charge in [-0.3, -0.25) is 0 Å². The highest BCUT2D eigenvalue weighted by Crippen LogP contribution is 2.27. The van der Waals surface area contributed by atoms with Gasteiger partial charge >= 0.3 is 0 Å². The molecular formula is C14H18BrNO. The zero-order chi connectivity index (χ0) is 12.5. The summed E-state index contributed by atoms with van der Waals surface area (Å²) in [5, 5.41) is 0. The third-order valence-corrected chi connectivity index (χ3v) is 3.22. The van der Waals surface area contributed by atoms with Gasteiger partial charge in [-0.2, -0.15) is 0 Å². The van der Waals surface area contributed by atoms with Gasteiger partial charge in [0.25, 0.3) is 0 Å². The van der Waals surface area contributed by atoms with Gasteiger partial charge in [-0.05, 0) is 24.0 Å². The van der Waals surface area contributed by atoms with Crippen LogP contribution in [0.4, 0.5) is 0 Å². The molecule has 92 valence electrons. The highest BCUT2D eigenvalue weighted by molar-refractivity contribution is 9.09. The average molecular weight is 296 g/mol. The molecule has 3 heteroatoms. The van der Waals surface area contributed by atoms with Crippen LogP contribution < -0.4 is 0 Å². The van der Waals surface area contributed by atoms with Crippen molar-refractivity contribution in [2.75, 3.05) is 0 Å². The molecule has 0 saturated carbocycles. The Hall–Kier alpha value is -0.830. The first-order valence-electron chi connectivity index (χ1n) is 5.92. The molecule has 1 aromatic heterocycles. The third-order valence-electron chi connectivity index (χ3n) is 2.57. The molecule has 0 fully saturated rings. The van der Waals surface area contributed by atoms with Crippen molar-refractivity contribution >= 4 is 27.0 Å². The van der Waals surface area contributed by atoms with Crippen molar-refractivity contribution < 1.29 is 4.42 Å². The topological polar surface area (TPSA) is 26.0 Å². The van der Waals surface area contributed by atoms with Crippen molar-refractivity contribution in [3.63, 3.8) is 0 Å². The SMILES string of the molecule is CC(C)(C)CC(Br)Cc1nc2ccccc2o1. The predicted molar refractivity (Wildman–Crippen MR) is 74.5 cm³/mol. The molecule has 2 rings (SSSR count). The number of nitrogens with zero attached hydrogens (tertiary/aromatic N) is 1. The van der Waals surface area contributed by atoms with E-state index in [4.69, 9.17) is 4.42 Å². The van der Waals surface area contributed by atoms with E-state index in [-0.39, 0.29) is 0 Å². The minimum absolute atomic E-state index is 0.320. The molecule has 0 aliphatic carbocycles. The molecule has 0 saturated heterocycles. The van der Waals surface area contributed by atoms with Gasteiger partial charge in [0.15, 0.2) is 11.5 Å². The molecule has 0 aliphatic heterocycles. The van der Waals surface area contributed by atoms with E-state index in [1.807, 2.05) is 24.3 Å². The molecule has 0 bridgehead atoms. The fraction of sp³-hybridized carbons (Fsp3) is 0.500. The lowest BCUT2D eigenvalue weighted by Gasteiger charge is -2.21. The number of hydrogen-bond donors (Lipinski definition) is 0. The maximum absolute atomic E-state index is 5.71. The molecule has 2 nitrogen and oxygen atoms in total. The summed E-state index contributed by atoms with van der Waals surface area (Å²) in [4.78, 5) is 4.90. The van der Waals surface area contributed by atoms with E-state index >= 15 is 0 Å². The molecular weight excluding hydrogens is 278 g/mol. The molecule has 0 radical (unpaired) electrons. The summed E-state index contributed by atoms with van der Waals surface area (Å²) in [6.45, 7) is 6.73. The monoisotopic (exact) mass is 295 g/mol. The second-order valence-corrected chi connectivity index (χ2v) is 6.94. The van der Waals surface area contributed by atoms with Gasteiger partial charge in [0.05, 0.1) is 0 Å². The highest BCUT2D eigenvalue weighted by atomic mass is 79.9. The number of rotatable bonds is 3. The van der Waals surface area contributed by atoms with E-state index in [0.29, 0.717) is 10.2 Å². The fourth-order valence-corrected chi connectivity index (χ4v) is 3.18. The lowest BCUT2D eigenvalue weighted by atomic mass is 9.90. The van der Waals surface area contributed by atoms with Gasteiger partial charge < -0.3 is 4.42 Å². The van der Waals surface area contributed by atoms with Gasteiger partial charge in [-0.1, -0.05) is 48.8 Å². The van der Waals surface area contributed by atoms with Crippen LogP contribution in [0.25, 0.3) is 11.1 Å². The van der Waals surface area contributed by atoms with Crippen molar-refractivity contribution in [2.45, 2.75) is 38.4 Å². The summed E-state index contributed by atoms with van der Waals surface area (Å²) in [6.07, 6.45) is 1.94. The van der Waals surface area contributed by atoms with Crippen molar-refractivity contribution in [3.05, 3.63) is 30.2 Å². The standard InChI is InChI=1S/C14H18BrNO/c1-14(2,3)9-10(15)8-13-16-11-6-4-5-7-12(11)17-13/h4-7,10H,8-9H2,1-3H3. The molecule has 1 atom stereocenters. The van der Waals surface area contributed by atoms with Crippen LogP contribution in [0.15, 0.2) is 28.7 Å². The van der Waals surface area contributed by atoms with Crippen LogP contribution in [0.5, 0.6) is 0 Å². The first-order chi connectivity index (χ1) is 7.94. The Morgan fingerprint density at radius 2 is 2.00 bits per heavy atom. The van der Waals surface area contributed by atoms with E-state index in [1.165, 1.54) is 0 Å². The number of hydrogen-bond acceptors (Lipinski definition) is 2. The zero-order valence-corrected chi connectivity index (χ0v) is 12.1. The van der Waals surface area contributed by atoms with Crippen LogP contribution in [0.3, 0.4) is 0 Å². The van der Waals surface area contributed by atoms with Crippen molar-refractivity contribution in [1.82, 2.24) is 4.98 Å². The van der Waals surface area contributed by atoms with Crippen molar-refractivity contribution in [3.8, 4) is 0 Å². The van der Waals surface area contributed by atoms with Gasteiger partial charge in [-0.25, -0.2) is 4.98 Å². The summed E-state index contributed by atoms with van der Waals surface area (Å²) in [7, 11) is 0. The second kappa shape index (κ2) is 4.81. The Bertz CT molecular complexity index is 465. The Balaban J connectivity index is 2.08. The van der Waals surface area contributed by atoms with Crippen LogP contribution in [-0.4, -0.2) is 9.81 Å². The lowest BCUT2D eigenvalue weighted by molar-refractivity contribution is 0.366.